The summed E-state index contributed by atoms with van der Waals surface area (Å²) in [4.78, 5) is 27.5. The number of fused-ring (bicyclic) bond motifs is 2. The van der Waals surface area contributed by atoms with Crippen LogP contribution in [0.3, 0.4) is 0 Å². The standard InChI is InChI=1S/C23H22N2O4/c24-12-17-7-4-8-18(9-17)22(26)19-10-20-14-28-15-21(11-19)25(20)23(27)29-13-16-5-2-1-3-6-16/h1-9,19-21H,10-11,13-15H2. The molecule has 4 rings (SSSR count). The Bertz CT molecular complexity index is 923. The van der Waals surface area contributed by atoms with Gasteiger partial charge >= 0.3 is 6.09 Å². The van der Waals surface area contributed by atoms with E-state index in [9.17, 15) is 9.59 Å². The van der Waals surface area contributed by atoms with Crippen molar-refractivity contribution in [3.05, 3.63) is 71.3 Å². The van der Waals surface area contributed by atoms with Gasteiger partial charge in [0, 0.05) is 11.5 Å². The van der Waals surface area contributed by atoms with Gasteiger partial charge in [0.25, 0.3) is 0 Å². The summed E-state index contributed by atoms with van der Waals surface area (Å²) < 4.78 is 11.2. The van der Waals surface area contributed by atoms with Crippen LogP contribution in [0.15, 0.2) is 54.6 Å². The van der Waals surface area contributed by atoms with E-state index in [-0.39, 0.29) is 36.5 Å². The molecule has 2 atom stereocenters. The van der Waals surface area contributed by atoms with Crippen molar-refractivity contribution >= 4 is 11.9 Å². The van der Waals surface area contributed by atoms with E-state index in [1.807, 2.05) is 30.3 Å². The average Bonchev–Trinajstić information content (AvgIpc) is 2.76. The third-order valence-electron chi connectivity index (χ3n) is 5.58. The first kappa shape index (κ1) is 19.2. The molecule has 0 spiro atoms. The van der Waals surface area contributed by atoms with Crippen molar-refractivity contribution in [2.24, 2.45) is 5.92 Å². The third kappa shape index (κ3) is 4.15. The van der Waals surface area contributed by atoms with Crippen molar-refractivity contribution in [1.29, 1.82) is 5.26 Å². The van der Waals surface area contributed by atoms with Gasteiger partial charge in [-0.05, 0) is 30.5 Å². The Kier molecular flexibility index (Phi) is 5.59. The SMILES string of the molecule is N#Cc1cccc(C(=O)C2CC3COCC(C2)N3C(=O)OCc2ccccc2)c1. The van der Waals surface area contributed by atoms with Crippen molar-refractivity contribution in [2.45, 2.75) is 31.5 Å². The number of rotatable bonds is 4. The van der Waals surface area contributed by atoms with Gasteiger partial charge < -0.3 is 9.47 Å². The molecule has 2 aliphatic heterocycles. The van der Waals surface area contributed by atoms with Gasteiger partial charge in [-0.3, -0.25) is 9.69 Å². The molecule has 0 saturated carbocycles. The number of carbonyl (C=O) groups excluding carboxylic acids is 2. The van der Waals surface area contributed by atoms with Crippen LogP contribution in [0.5, 0.6) is 0 Å². The Hall–Kier alpha value is -3.17. The Morgan fingerprint density at radius 2 is 1.79 bits per heavy atom. The van der Waals surface area contributed by atoms with Gasteiger partial charge in [0.1, 0.15) is 6.61 Å². The molecule has 2 fully saturated rings. The van der Waals surface area contributed by atoms with Crippen LogP contribution < -0.4 is 0 Å². The van der Waals surface area contributed by atoms with E-state index in [1.54, 1.807) is 29.2 Å². The molecule has 1 amide bonds. The fraction of sp³-hybridized carbons (Fsp3) is 0.348. The number of benzene rings is 2. The number of nitriles is 1. The van der Waals surface area contributed by atoms with Gasteiger partial charge in [-0.25, -0.2) is 4.79 Å². The van der Waals surface area contributed by atoms with Crippen molar-refractivity contribution in [3.8, 4) is 6.07 Å². The maximum Gasteiger partial charge on any atom is 0.410 e. The number of amides is 1. The quantitative estimate of drug-likeness (QED) is 0.746. The first-order valence-electron chi connectivity index (χ1n) is 9.77. The van der Waals surface area contributed by atoms with Gasteiger partial charge in [-0.15, -0.1) is 0 Å². The number of morpholine rings is 1. The molecule has 2 unspecified atom stereocenters. The van der Waals surface area contributed by atoms with E-state index >= 15 is 0 Å². The Morgan fingerprint density at radius 1 is 1.07 bits per heavy atom. The van der Waals surface area contributed by atoms with Crippen LogP contribution in [-0.2, 0) is 16.1 Å². The number of hydrogen-bond donors (Lipinski definition) is 0. The van der Waals surface area contributed by atoms with Crippen molar-refractivity contribution in [2.75, 3.05) is 13.2 Å². The van der Waals surface area contributed by atoms with Crippen molar-refractivity contribution in [3.63, 3.8) is 0 Å². The molecule has 0 N–H and O–H groups in total. The second kappa shape index (κ2) is 8.46. The van der Waals surface area contributed by atoms with E-state index < -0.39 is 0 Å². The van der Waals surface area contributed by atoms with Gasteiger partial charge in [-0.2, -0.15) is 5.26 Å². The van der Waals surface area contributed by atoms with Crippen LogP contribution in [0, 0.1) is 17.2 Å². The van der Waals surface area contributed by atoms with Gasteiger partial charge in [0.15, 0.2) is 5.78 Å². The zero-order valence-corrected chi connectivity index (χ0v) is 16.0. The molecule has 0 radical (unpaired) electrons. The molecule has 0 aromatic heterocycles. The number of ether oxygens (including phenoxy) is 2. The predicted octanol–water partition coefficient (Wildman–Crippen LogP) is 3.56. The lowest BCUT2D eigenvalue weighted by molar-refractivity contribution is -0.0755. The molecule has 2 aromatic rings. The minimum Gasteiger partial charge on any atom is -0.445 e. The zero-order chi connectivity index (χ0) is 20.2. The van der Waals surface area contributed by atoms with Gasteiger partial charge in [-0.1, -0.05) is 42.5 Å². The molecule has 2 aliphatic rings. The summed E-state index contributed by atoms with van der Waals surface area (Å²) >= 11 is 0. The summed E-state index contributed by atoms with van der Waals surface area (Å²) in [5.74, 6) is -0.169. The van der Waals surface area contributed by atoms with Crippen LogP contribution in [-0.4, -0.2) is 42.1 Å². The van der Waals surface area contributed by atoms with Crippen molar-refractivity contribution < 1.29 is 19.1 Å². The van der Waals surface area contributed by atoms with Gasteiger partial charge in [0.2, 0.25) is 0 Å². The first-order chi connectivity index (χ1) is 14.2. The number of nitrogens with zero attached hydrogens (tertiary/aromatic N) is 2. The number of carbonyl (C=O) groups is 2. The Morgan fingerprint density at radius 3 is 2.48 bits per heavy atom. The summed E-state index contributed by atoms with van der Waals surface area (Å²) in [6.45, 7) is 1.03. The number of hydrogen-bond acceptors (Lipinski definition) is 5. The second-order valence-corrected chi connectivity index (χ2v) is 7.52. The molecule has 6 nitrogen and oxygen atoms in total. The maximum absolute atomic E-state index is 13.0. The molecule has 2 saturated heterocycles. The van der Waals surface area contributed by atoms with E-state index in [4.69, 9.17) is 14.7 Å². The topological polar surface area (TPSA) is 79.6 Å². The Balaban J connectivity index is 1.44. The average molecular weight is 390 g/mol. The minimum atomic E-state index is -0.357. The van der Waals surface area contributed by atoms with Crippen LogP contribution in [0.1, 0.15) is 34.3 Å². The molecule has 2 bridgehead atoms. The molecule has 6 heteroatoms. The summed E-state index contributed by atoms with van der Waals surface area (Å²) in [5.41, 5.74) is 1.96. The van der Waals surface area contributed by atoms with E-state index in [0.29, 0.717) is 37.2 Å². The lowest BCUT2D eigenvalue weighted by Crippen LogP contribution is -2.59. The molecule has 0 aliphatic carbocycles. The van der Waals surface area contributed by atoms with Crippen molar-refractivity contribution in [1.82, 2.24) is 4.90 Å². The highest BCUT2D eigenvalue weighted by molar-refractivity contribution is 5.98. The highest BCUT2D eigenvalue weighted by atomic mass is 16.6. The van der Waals surface area contributed by atoms with E-state index in [1.165, 1.54) is 0 Å². The van der Waals surface area contributed by atoms with E-state index in [2.05, 4.69) is 6.07 Å². The number of Topliss-reactive ketones (excluding diaryl/α,β-unsaturated/α-hetero) is 1. The molecule has 148 valence electrons. The van der Waals surface area contributed by atoms with Crippen LogP contribution in [0.2, 0.25) is 0 Å². The zero-order valence-electron chi connectivity index (χ0n) is 16.0. The minimum absolute atomic E-state index is 0.0244. The molecule has 2 aromatic carbocycles. The fourth-order valence-electron chi connectivity index (χ4n) is 4.20. The summed E-state index contributed by atoms with van der Waals surface area (Å²) in [6, 6.07) is 18.1. The molecular formula is C23H22N2O4. The van der Waals surface area contributed by atoms with Crippen LogP contribution in [0.4, 0.5) is 4.79 Å². The third-order valence-corrected chi connectivity index (χ3v) is 5.58. The fourth-order valence-corrected chi connectivity index (χ4v) is 4.20. The lowest BCUT2D eigenvalue weighted by Gasteiger charge is -2.47. The monoisotopic (exact) mass is 390 g/mol. The normalized spacial score (nSPS) is 23.1. The highest BCUT2D eigenvalue weighted by Crippen LogP contribution is 2.34. The molecular weight excluding hydrogens is 368 g/mol. The first-order valence-corrected chi connectivity index (χ1v) is 9.77. The largest absolute Gasteiger partial charge is 0.445 e. The second-order valence-electron chi connectivity index (χ2n) is 7.52. The summed E-state index contributed by atoms with van der Waals surface area (Å²) in [5, 5.41) is 9.08. The Labute approximate surface area is 169 Å². The summed E-state index contributed by atoms with van der Waals surface area (Å²) in [7, 11) is 0. The number of ketones is 1. The smallest absolute Gasteiger partial charge is 0.410 e. The number of piperidine rings is 1. The molecule has 29 heavy (non-hydrogen) atoms. The lowest BCUT2D eigenvalue weighted by atomic mass is 9.80. The van der Waals surface area contributed by atoms with E-state index in [0.717, 1.165) is 5.56 Å². The predicted molar refractivity (Wildman–Crippen MR) is 105 cm³/mol. The highest BCUT2D eigenvalue weighted by Gasteiger charge is 2.44. The maximum atomic E-state index is 13.0. The van der Waals surface area contributed by atoms with Crippen LogP contribution in [0.25, 0.3) is 0 Å². The van der Waals surface area contributed by atoms with Crippen LogP contribution >= 0.6 is 0 Å². The molecule has 2 heterocycles. The van der Waals surface area contributed by atoms with Gasteiger partial charge in [0.05, 0.1) is 36.9 Å². The summed E-state index contributed by atoms with van der Waals surface area (Å²) in [6.07, 6.45) is 0.712.